The van der Waals surface area contributed by atoms with E-state index < -0.39 is 0 Å². The Morgan fingerprint density at radius 2 is 2.26 bits per heavy atom. The smallest absolute Gasteiger partial charge is 0.224 e. The van der Waals surface area contributed by atoms with Gasteiger partial charge in [-0.3, -0.25) is 0 Å². The highest BCUT2D eigenvalue weighted by Gasteiger charge is 2.18. The Morgan fingerprint density at radius 1 is 1.42 bits per heavy atom. The summed E-state index contributed by atoms with van der Waals surface area (Å²) < 4.78 is 0.920. The Hall–Kier alpha value is -0.840. The van der Waals surface area contributed by atoms with Gasteiger partial charge in [-0.15, -0.1) is 0 Å². The van der Waals surface area contributed by atoms with Crippen LogP contribution in [0.1, 0.15) is 39.0 Å². The lowest BCUT2D eigenvalue weighted by Gasteiger charge is -2.26. The van der Waals surface area contributed by atoms with Crippen molar-refractivity contribution in [2.45, 2.75) is 39.0 Å². The molecule has 0 radical (unpaired) electrons. The summed E-state index contributed by atoms with van der Waals surface area (Å²) in [5.74, 6) is 3.31. The van der Waals surface area contributed by atoms with Crippen LogP contribution in [0.15, 0.2) is 10.7 Å². The van der Waals surface area contributed by atoms with Gasteiger partial charge in [0.05, 0.1) is 4.47 Å². The fraction of sp³-hybridized carbons (Fsp3) is 0.714. The first-order valence-electron chi connectivity index (χ1n) is 7.13. The first-order chi connectivity index (χ1) is 9.19. The van der Waals surface area contributed by atoms with E-state index in [1.165, 1.54) is 32.1 Å². The molecule has 2 N–H and O–H groups in total. The summed E-state index contributed by atoms with van der Waals surface area (Å²) in [4.78, 5) is 8.56. The molecule has 0 spiro atoms. The molecule has 1 aliphatic carbocycles. The number of hydrogen-bond acceptors (Lipinski definition) is 4. The number of halogens is 1. The molecule has 0 amide bonds. The summed E-state index contributed by atoms with van der Waals surface area (Å²) >= 11 is 3.48. The Bertz CT molecular complexity index is 410. The Labute approximate surface area is 123 Å². The average Bonchev–Trinajstić information content (AvgIpc) is 2.41. The summed E-state index contributed by atoms with van der Waals surface area (Å²) in [6, 6.07) is 0. The molecule has 2 rings (SSSR count). The van der Waals surface area contributed by atoms with Crippen molar-refractivity contribution in [1.29, 1.82) is 0 Å². The standard InChI is InChI=1S/C14H23BrN4/c1-10-4-3-5-11(8-10)6-7-17-13-12(15)9-18-14(16-2)19-13/h9-11H,3-8H2,1-2H3,(H2,16,17,18,19). The van der Waals surface area contributed by atoms with Gasteiger partial charge in [-0.2, -0.15) is 4.98 Å². The van der Waals surface area contributed by atoms with Gasteiger partial charge in [0.2, 0.25) is 5.95 Å². The molecule has 1 aromatic heterocycles. The second-order valence-corrected chi connectivity index (χ2v) is 6.35. The van der Waals surface area contributed by atoms with Crippen LogP contribution in [-0.2, 0) is 0 Å². The SMILES string of the molecule is CNc1ncc(Br)c(NCCC2CCCC(C)C2)n1. The van der Waals surface area contributed by atoms with Crippen LogP contribution in [0.4, 0.5) is 11.8 Å². The van der Waals surface area contributed by atoms with Gasteiger partial charge in [0.1, 0.15) is 5.82 Å². The molecule has 0 bridgehead atoms. The minimum Gasteiger partial charge on any atom is -0.369 e. The van der Waals surface area contributed by atoms with Crippen molar-refractivity contribution in [3.8, 4) is 0 Å². The Kier molecular flexibility index (Phi) is 5.43. The maximum Gasteiger partial charge on any atom is 0.224 e. The summed E-state index contributed by atoms with van der Waals surface area (Å²) in [5, 5.41) is 6.37. The maximum absolute atomic E-state index is 4.41. The van der Waals surface area contributed by atoms with Crippen LogP contribution in [-0.4, -0.2) is 23.6 Å². The van der Waals surface area contributed by atoms with Crippen LogP contribution >= 0.6 is 15.9 Å². The van der Waals surface area contributed by atoms with Gasteiger partial charge in [-0.25, -0.2) is 4.98 Å². The molecule has 1 fully saturated rings. The third kappa shape index (κ3) is 4.34. The van der Waals surface area contributed by atoms with Gasteiger partial charge in [-0.05, 0) is 40.6 Å². The van der Waals surface area contributed by atoms with Crippen molar-refractivity contribution in [2.75, 3.05) is 24.2 Å². The molecule has 106 valence electrons. The van der Waals surface area contributed by atoms with Gasteiger partial charge in [-0.1, -0.05) is 26.2 Å². The molecule has 2 unspecified atom stereocenters. The van der Waals surface area contributed by atoms with E-state index in [-0.39, 0.29) is 0 Å². The molecule has 5 heteroatoms. The highest BCUT2D eigenvalue weighted by atomic mass is 79.9. The van der Waals surface area contributed by atoms with E-state index in [4.69, 9.17) is 0 Å². The predicted octanol–water partition coefficient (Wildman–Crippen LogP) is 3.91. The predicted molar refractivity (Wildman–Crippen MR) is 83.5 cm³/mol. The summed E-state index contributed by atoms with van der Waals surface area (Å²) in [6.07, 6.45) is 8.59. The van der Waals surface area contributed by atoms with E-state index in [2.05, 4.69) is 43.5 Å². The monoisotopic (exact) mass is 326 g/mol. The molecule has 1 aromatic rings. The molecule has 1 saturated carbocycles. The number of rotatable bonds is 5. The quantitative estimate of drug-likeness (QED) is 0.861. The number of nitrogens with one attached hydrogen (secondary N) is 2. The molecule has 1 heterocycles. The number of aromatic nitrogens is 2. The summed E-state index contributed by atoms with van der Waals surface area (Å²) in [5.41, 5.74) is 0. The molecule has 19 heavy (non-hydrogen) atoms. The van der Waals surface area contributed by atoms with Crippen LogP contribution < -0.4 is 10.6 Å². The normalized spacial score (nSPS) is 23.1. The molecule has 0 aromatic carbocycles. The number of anilines is 2. The minimum absolute atomic E-state index is 0.650. The maximum atomic E-state index is 4.41. The summed E-state index contributed by atoms with van der Waals surface area (Å²) in [6.45, 7) is 3.36. The van der Waals surface area contributed by atoms with Crippen molar-refractivity contribution in [1.82, 2.24) is 9.97 Å². The molecule has 0 aliphatic heterocycles. The largest absolute Gasteiger partial charge is 0.369 e. The van der Waals surface area contributed by atoms with Crippen molar-refractivity contribution in [2.24, 2.45) is 11.8 Å². The highest BCUT2D eigenvalue weighted by Crippen LogP contribution is 2.30. The number of hydrogen-bond donors (Lipinski definition) is 2. The first kappa shape index (κ1) is 14.6. The van der Waals surface area contributed by atoms with E-state index in [1.807, 2.05) is 7.05 Å². The second-order valence-electron chi connectivity index (χ2n) is 5.49. The van der Waals surface area contributed by atoms with Gasteiger partial charge in [0, 0.05) is 19.8 Å². The fourth-order valence-electron chi connectivity index (χ4n) is 2.83. The fourth-order valence-corrected chi connectivity index (χ4v) is 3.16. The van der Waals surface area contributed by atoms with Gasteiger partial charge in [0.15, 0.2) is 0 Å². The lowest BCUT2D eigenvalue weighted by atomic mass is 9.81. The zero-order chi connectivity index (χ0) is 13.7. The van der Waals surface area contributed by atoms with Crippen molar-refractivity contribution in [3.63, 3.8) is 0 Å². The van der Waals surface area contributed by atoms with Crippen molar-refractivity contribution < 1.29 is 0 Å². The lowest BCUT2D eigenvalue weighted by molar-refractivity contribution is 0.274. The third-order valence-corrected chi connectivity index (χ3v) is 4.44. The molecule has 4 nitrogen and oxygen atoms in total. The topological polar surface area (TPSA) is 49.8 Å². The van der Waals surface area contributed by atoms with E-state index in [9.17, 15) is 0 Å². The highest BCUT2D eigenvalue weighted by molar-refractivity contribution is 9.10. The van der Waals surface area contributed by atoms with Crippen molar-refractivity contribution in [3.05, 3.63) is 10.7 Å². The zero-order valence-corrected chi connectivity index (χ0v) is 13.3. The Balaban J connectivity index is 1.81. The van der Waals surface area contributed by atoms with E-state index in [0.717, 1.165) is 28.7 Å². The number of nitrogens with zero attached hydrogens (tertiary/aromatic N) is 2. The van der Waals surface area contributed by atoms with Crippen LogP contribution in [0, 0.1) is 11.8 Å². The van der Waals surface area contributed by atoms with E-state index in [1.54, 1.807) is 6.20 Å². The minimum atomic E-state index is 0.650. The first-order valence-corrected chi connectivity index (χ1v) is 7.92. The van der Waals surface area contributed by atoms with Crippen LogP contribution in [0.3, 0.4) is 0 Å². The Morgan fingerprint density at radius 3 is 3.00 bits per heavy atom. The van der Waals surface area contributed by atoms with Gasteiger partial charge >= 0.3 is 0 Å². The molecule has 0 saturated heterocycles. The van der Waals surface area contributed by atoms with Gasteiger partial charge < -0.3 is 10.6 Å². The molecular weight excluding hydrogens is 304 g/mol. The van der Waals surface area contributed by atoms with Gasteiger partial charge in [0.25, 0.3) is 0 Å². The van der Waals surface area contributed by atoms with Crippen LogP contribution in [0.5, 0.6) is 0 Å². The second kappa shape index (κ2) is 7.08. The molecular formula is C14H23BrN4. The van der Waals surface area contributed by atoms with Crippen LogP contribution in [0.25, 0.3) is 0 Å². The van der Waals surface area contributed by atoms with Crippen LogP contribution in [0.2, 0.25) is 0 Å². The third-order valence-electron chi connectivity index (χ3n) is 3.86. The summed E-state index contributed by atoms with van der Waals surface area (Å²) in [7, 11) is 1.83. The molecule has 2 atom stereocenters. The van der Waals surface area contributed by atoms with E-state index >= 15 is 0 Å². The molecule has 1 aliphatic rings. The zero-order valence-electron chi connectivity index (χ0n) is 11.7. The van der Waals surface area contributed by atoms with E-state index in [0.29, 0.717) is 5.95 Å². The lowest BCUT2D eigenvalue weighted by Crippen LogP contribution is -2.17. The average molecular weight is 327 g/mol. The van der Waals surface area contributed by atoms with Crippen molar-refractivity contribution >= 4 is 27.7 Å².